The third kappa shape index (κ3) is 2.05. The van der Waals surface area contributed by atoms with Crippen molar-refractivity contribution in [3.63, 3.8) is 0 Å². The molecule has 2 nitrogen and oxygen atoms in total. The lowest BCUT2D eigenvalue weighted by Crippen LogP contribution is -2.07. The van der Waals surface area contributed by atoms with Gasteiger partial charge in [-0.3, -0.25) is 0 Å². The van der Waals surface area contributed by atoms with Gasteiger partial charge in [0.1, 0.15) is 5.58 Å². The first-order valence-electron chi connectivity index (χ1n) is 5.41. The van der Waals surface area contributed by atoms with Crippen molar-refractivity contribution in [2.24, 2.45) is 5.92 Å². The molecular formula is C13H16O2. The van der Waals surface area contributed by atoms with Gasteiger partial charge in [-0.2, -0.15) is 0 Å². The normalized spacial score (nSPS) is 13.2. The summed E-state index contributed by atoms with van der Waals surface area (Å²) < 4.78 is 5.46. The van der Waals surface area contributed by atoms with Gasteiger partial charge in [0.25, 0.3) is 0 Å². The highest BCUT2D eigenvalue weighted by Crippen LogP contribution is 2.23. The van der Waals surface area contributed by atoms with Crippen molar-refractivity contribution >= 4 is 11.0 Å². The van der Waals surface area contributed by atoms with Gasteiger partial charge >= 0.3 is 0 Å². The molecule has 1 aromatic carbocycles. The van der Waals surface area contributed by atoms with Crippen molar-refractivity contribution in [3.8, 4) is 0 Å². The number of furan rings is 1. The molecule has 0 radical (unpaired) electrons. The number of hydrogen-bond donors (Lipinski definition) is 1. The molecule has 80 valence electrons. The predicted octanol–water partition coefficient (Wildman–Crippen LogP) is 2.99. The highest BCUT2D eigenvalue weighted by Gasteiger charge is 2.10. The Morgan fingerprint density at radius 2 is 2.13 bits per heavy atom. The van der Waals surface area contributed by atoms with Crippen LogP contribution in [-0.4, -0.2) is 11.7 Å². The topological polar surface area (TPSA) is 33.4 Å². The Morgan fingerprint density at radius 3 is 2.87 bits per heavy atom. The van der Waals surface area contributed by atoms with E-state index in [2.05, 4.69) is 13.0 Å². The van der Waals surface area contributed by atoms with Crippen LogP contribution in [0.3, 0.4) is 0 Å². The van der Waals surface area contributed by atoms with Gasteiger partial charge in [-0.25, -0.2) is 0 Å². The van der Waals surface area contributed by atoms with Crippen LogP contribution in [0, 0.1) is 5.92 Å². The fourth-order valence-corrected chi connectivity index (χ4v) is 1.84. The van der Waals surface area contributed by atoms with Crippen LogP contribution in [0.2, 0.25) is 0 Å². The van der Waals surface area contributed by atoms with Gasteiger partial charge in [0, 0.05) is 12.0 Å². The average Bonchev–Trinajstić information content (AvgIpc) is 2.69. The van der Waals surface area contributed by atoms with Crippen molar-refractivity contribution in [3.05, 3.63) is 36.1 Å². The standard InChI is InChI=1S/C13H16O2/c1-2-10(8-14)7-11-9-15-13-6-4-3-5-12(11)13/h3-6,9-10,14H,2,7-8H2,1H3. The minimum absolute atomic E-state index is 0.246. The van der Waals surface area contributed by atoms with E-state index in [9.17, 15) is 0 Å². The van der Waals surface area contributed by atoms with Crippen molar-refractivity contribution in [1.29, 1.82) is 0 Å². The summed E-state index contributed by atoms with van der Waals surface area (Å²) >= 11 is 0. The maximum absolute atomic E-state index is 9.17. The number of fused-ring (bicyclic) bond motifs is 1. The van der Waals surface area contributed by atoms with E-state index in [1.165, 1.54) is 10.9 Å². The second kappa shape index (κ2) is 4.49. The average molecular weight is 204 g/mol. The molecule has 0 spiro atoms. The molecule has 0 fully saturated rings. The van der Waals surface area contributed by atoms with Crippen molar-refractivity contribution < 1.29 is 9.52 Å². The van der Waals surface area contributed by atoms with E-state index in [0.29, 0.717) is 5.92 Å². The van der Waals surface area contributed by atoms with Crippen LogP contribution in [0.25, 0.3) is 11.0 Å². The number of aliphatic hydroxyl groups is 1. The Bertz CT molecular complexity index is 427. The van der Waals surface area contributed by atoms with Gasteiger partial charge < -0.3 is 9.52 Å². The van der Waals surface area contributed by atoms with Crippen molar-refractivity contribution in [2.75, 3.05) is 6.61 Å². The van der Waals surface area contributed by atoms with Crippen LogP contribution in [0.5, 0.6) is 0 Å². The molecule has 1 aromatic heterocycles. The van der Waals surface area contributed by atoms with Crippen LogP contribution in [0.4, 0.5) is 0 Å². The Morgan fingerprint density at radius 1 is 1.33 bits per heavy atom. The van der Waals surface area contributed by atoms with Crippen LogP contribution < -0.4 is 0 Å². The minimum Gasteiger partial charge on any atom is -0.464 e. The van der Waals surface area contributed by atoms with Crippen LogP contribution in [0.15, 0.2) is 34.9 Å². The van der Waals surface area contributed by atoms with Crippen molar-refractivity contribution in [1.82, 2.24) is 0 Å². The van der Waals surface area contributed by atoms with Gasteiger partial charge in [-0.05, 0) is 24.0 Å². The minimum atomic E-state index is 0.246. The SMILES string of the molecule is CCC(CO)Cc1coc2ccccc12. The van der Waals surface area contributed by atoms with Gasteiger partial charge in [0.2, 0.25) is 0 Å². The highest BCUT2D eigenvalue weighted by molar-refractivity contribution is 5.80. The second-order valence-electron chi connectivity index (χ2n) is 3.92. The lowest BCUT2D eigenvalue weighted by Gasteiger charge is -2.09. The molecule has 0 saturated heterocycles. The number of benzene rings is 1. The van der Waals surface area contributed by atoms with Gasteiger partial charge in [0.15, 0.2) is 0 Å². The third-order valence-electron chi connectivity index (χ3n) is 2.91. The molecule has 1 atom stereocenters. The third-order valence-corrected chi connectivity index (χ3v) is 2.91. The summed E-state index contributed by atoms with van der Waals surface area (Å²) in [5.74, 6) is 0.339. The van der Waals surface area contributed by atoms with E-state index in [4.69, 9.17) is 9.52 Å². The number of para-hydroxylation sites is 1. The first kappa shape index (κ1) is 10.2. The van der Waals surface area contributed by atoms with Crippen LogP contribution in [-0.2, 0) is 6.42 Å². The molecule has 0 aliphatic rings. The first-order chi connectivity index (χ1) is 7.35. The summed E-state index contributed by atoms with van der Waals surface area (Å²) in [5.41, 5.74) is 2.13. The number of aliphatic hydroxyl groups excluding tert-OH is 1. The van der Waals surface area contributed by atoms with Crippen molar-refractivity contribution in [2.45, 2.75) is 19.8 Å². The molecule has 2 aromatic rings. The highest BCUT2D eigenvalue weighted by atomic mass is 16.3. The summed E-state index contributed by atoms with van der Waals surface area (Å²) in [6.07, 6.45) is 3.70. The molecular weight excluding hydrogens is 188 g/mol. The number of rotatable bonds is 4. The molecule has 15 heavy (non-hydrogen) atoms. The van der Waals surface area contributed by atoms with E-state index in [1.54, 1.807) is 0 Å². The molecule has 0 aliphatic carbocycles. The molecule has 0 aliphatic heterocycles. The second-order valence-corrected chi connectivity index (χ2v) is 3.92. The molecule has 1 unspecified atom stereocenters. The molecule has 1 heterocycles. The monoisotopic (exact) mass is 204 g/mol. The Labute approximate surface area is 89.5 Å². The zero-order valence-corrected chi connectivity index (χ0v) is 8.94. The largest absolute Gasteiger partial charge is 0.464 e. The molecule has 0 amide bonds. The van der Waals surface area contributed by atoms with Crippen LogP contribution in [0.1, 0.15) is 18.9 Å². The van der Waals surface area contributed by atoms with E-state index in [-0.39, 0.29) is 6.61 Å². The quantitative estimate of drug-likeness (QED) is 0.830. The Kier molecular flexibility index (Phi) is 3.07. The zero-order valence-electron chi connectivity index (χ0n) is 8.94. The van der Waals surface area contributed by atoms with Gasteiger partial charge in [-0.1, -0.05) is 31.5 Å². The molecule has 2 rings (SSSR count). The fraction of sp³-hybridized carbons (Fsp3) is 0.385. The van der Waals surface area contributed by atoms with Gasteiger partial charge in [0.05, 0.1) is 6.26 Å². The maximum atomic E-state index is 9.17. The van der Waals surface area contributed by atoms with Gasteiger partial charge in [-0.15, -0.1) is 0 Å². The van der Waals surface area contributed by atoms with Crippen LogP contribution >= 0.6 is 0 Å². The first-order valence-corrected chi connectivity index (χ1v) is 5.41. The maximum Gasteiger partial charge on any atom is 0.134 e. The molecule has 0 bridgehead atoms. The summed E-state index contributed by atoms with van der Waals surface area (Å²) in [5, 5.41) is 10.3. The summed E-state index contributed by atoms with van der Waals surface area (Å²) in [6, 6.07) is 8.03. The summed E-state index contributed by atoms with van der Waals surface area (Å²) in [7, 11) is 0. The zero-order chi connectivity index (χ0) is 10.7. The lowest BCUT2D eigenvalue weighted by molar-refractivity contribution is 0.222. The molecule has 1 N–H and O–H groups in total. The smallest absolute Gasteiger partial charge is 0.134 e. The fourth-order valence-electron chi connectivity index (χ4n) is 1.84. The predicted molar refractivity (Wildman–Crippen MR) is 60.8 cm³/mol. The number of hydrogen-bond acceptors (Lipinski definition) is 2. The summed E-state index contributed by atoms with van der Waals surface area (Å²) in [4.78, 5) is 0. The lowest BCUT2D eigenvalue weighted by atomic mass is 9.97. The summed E-state index contributed by atoms with van der Waals surface area (Å²) in [6.45, 7) is 2.35. The van der Waals surface area contributed by atoms with E-state index in [1.807, 2.05) is 24.5 Å². The van der Waals surface area contributed by atoms with E-state index >= 15 is 0 Å². The molecule has 2 heteroatoms. The van der Waals surface area contributed by atoms with E-state index in [0.717, 1.165) is 18.4 Å². The Balaban J connectivity index is 2.28. The van der Waals surface area contributed by atoms with E-state index < -0.39 is 0 Å². The molecule has 0 saturated carbocycles. The Hall–Kier alpha value is -1.28.